The molecule has 1 aliphatic heterocycles. The molecule has 0 aliphatic carbocycles. The van der Waals surface area contributed by atoms with Gasteiger partial charge < -0.3 is 4.90 Å². The van der Waals surface area contributed by atoms with Gasteiger partial charge in [-0.1, -0.05) is 11.6 Å². The number of thiophene rings is 1. The molecule has 1 aromatic rings. The molecule has 5 heteroatoms. The van der Waals surface area contributed by atoms with Crippen LogP contribution in [0.15, 0.2) is 11.4 Å². The number of amides is 1. The fourth-order valence-corrected chi connectivity index (χ4v) is 2.81. The number of hydrogen-bond donors (Lipinski definition) is 0. The Morgan fingerprint density at radius 2 is 2.53 bits per heavy atom. The first kappa shape index (κ1) is 10.5. The van der Waals surface area contributed by atoms with Crippen LogP contribution in [-0.4, -0.2) is 23.4 Å². The van der Waals surface area contributed by atoms with Crippen LogP contribution in [-0.2, 0) is 0 Å². The summed E-state index contributed by atoms with van der Waals surface area (Å²) in [5.74, 6) is -0.112. The number of nitriles is 1. The minimum absolute atomic E-state index is 0.112. The molecular weight excluding hydrogens is 232 g/mol. The summed E-state index contributed by atoms with van der Waals surface area (Å²) in [7, 11) is 0. The Labute approximate surface area is 96.9 Å². The molecule has 3 nitrogen and oxygen atoms in total. The van der Waals surface area contributed by atoms with E-state index in [1.54, 1.807) is 16.3 Å². The smallest absolute Gasteiger partial charge is 0.266 e. The topological polar surface area (TPSA) is 44.1 Å². The quantitative estimate of drug-likeness (QED) is 0.757. The van der Waals surface area contributed by atoms with Crippen LogP contribution in [0.25, 0.3) is 0 Å². The number of carbonyl (C=O) groups is 1. The third-order valence-electron chi connectivity index (χ3n) is 2.47. The van der Waals surface area contributed by atoms with Crippen LogP contribution in [0.3, 0.4) is 0 Å². The Hall–Kier alpha value is -1.05. The molecule has 1 aromatic heterocycles. The molecule has 0 aromatic carbocycles. The first-order chi connectivity index (χ1) is 7.24. The second-order valence-electron chi connectivity index (χ2n) is 3.38. The van der Waals surface area contributed by atoms with Gasteiger partial charge in [0.1, 0.15) is 10.9 Å². The van der Waals surface area contributed by atoms with Crippen molar-refractivity contribution in [1.82, 2.24) is 4.90 Å². The summed E-state index contributed by atoms with van der Waals surface area (Å²) in [6.45, 7) is 0.658. The molecule has 1 saturated heterocycles. The summed E-state index contributed by atoms with van der Waals surface area (Å²) in [6.07, 6.45) is 1.66. The predicted molar refractivity (Wildman–Crippen MR) is 59.0 cm³/mol. The Bertz CT molecular complexity index is 423. The van der Waals surface area contributed by atoms with Gasteiger partial charge in [0.05, 0.1) is 11.1 Å². The Morgan fingerprint density at radius 1 is 1.73 bits per heavy atom. The SMILES string of the molecule is N#CC1CCCN1C(=O)c1sccc1Cl. The predicted octanol–water partition coefficient (Wildman–Crippen LogP) is 2.53. The van der Waals surface area contributed by atoms with Crippen LogP contribution in [0.1, 0.15) is 22.5 Å². The number of carbonyl (C=O) groups excluding carboxylic acids is 1. The maximum Gasteiger partial charge on any atom is 0.266 e. The number of hydrogen-bond acceptors (Lipinski definition) is 3. The average molecular weight is 241 g/mol. The molecule has 0 N–H and O–H groups in total. The van der Waals surface area contributed by atoms with E-state index in [0.29, 0.717) is 16.4 Å². The van der Waals surface area contributed by atoms with Gasteiger partial charge in [0.15, 0.2) is 0 Å². The lowest BCUT2D eigenvalue weighted by Gasteiger charge is -2.18. The van der Waals surface area contributed by atoms with Crippen LogP contribution in [0.4, 0.5) is 0 Å². The minimum Gasteiger partial charge on any atom is -0.322 e. The number of rotatable bonds is 1. The van der Waals surface area contributed by atoms with Crippen LogP contribution in [0.5, 0.6) is 0 Å². The number of likely N-dealkylation sites (tertiary alicyclic amines) is 1. The minimum atomic E-state index is -0.282. The summed E-state index contributed by atoms with van der Waals surface area (Å²) in [5, 5.41) is 11.1. The first-order valence-corrected chi connectivity index (χ1v) is 5.93. The standard InChI is InChI=1S/C10H9ClN2OS/c11-8-3-5-15-9(8)10(14)13-4-1-2-7(13)6-12/h3,5,7H,1-2,4H2. The highest BCUT2D eigenvalue weighted by atomic mass is 35.5. The van der Waals surface area contributed by atoms with E-state index >= 15 is 0 Å². The highest BCUT2D eigenvalue weighted by Crippen LogP contribution is 2.27. The molecule has 1 atom stereocenters. The Morgan fingerprint density at radius 3 is 3.13 bits per heavy atom. The van der Waals surface area contributed by atoms with Crippen LogP contribution >= 0.6 is 22.9 Å². The van der Waals surface area contributed by atoms with Crippen molar-refractivity contribution in [2.24, 2.45) is 0 Å². The maximum absolute atomic E-state index is 12.0. The first-order valence-electron chi connectivity index (χ1n) is 4.67. The molecule has 0 spiro atoms. The summed E-state index contributed by atoms with van der Waals surface area (Å²) in [6, 6.07) is 3.57. The van der Waals surface area contributed by atoms with E-state index in [1.807, 2.05) is 0 Å². The normalized spacial score (nSPS) is 20.3. The molecule has 0 radical (unpaired) electrons. The van der Waals surface area contributed by atoms with Crippen molar-refractivity contribution in [2.75, 3.05) is 6.54 Å². The molecule has 0 saturated carbocycles. The monoisotopic (exact) mass is 240 g/mol. The zero-order valence-corrected chi connectivity index (χ0v) is 9.51. The van der Waals surface area contributed by atoms with Crippen molar-refractivity contribution in [1.29, 1.82) is 5.26 Å². The lowest BCUT2D eigenvalue weighted by Crippen LogP contribution is -2.34. The van der Waals surface area contributed by atoms with Crippen molar-refractivity contribution in [2.45, 2.75) is 18.9 Å². The van der Waals surface area contributed by atoms with Crippen LogP contribution < -0.4 is 0 Å². The summed E-state index contributed by atoms with van der Waals surface area (Å²) < 4.78 is 0. The van der Waals surface area contributed by atoms with Crippen molar-refractivity contribution in [3.63, 3.8) is 0 Å². The molecule has 1 unspecified atom stereocenters. The van der Waals surface area contributed by atoms with E-state index in [2.05, 4.69) is 6.07 Å². The van der Waals surface area contributed by atoms with Gasteiger partial charge in [-0.05, 0) is 24.3 Å². The zero-order valence-electron chi connectivity index (χ0n) is 7.94. The van der Waals surface area contributed by atoms with Gasteiger partial charge in [-0.25, -0.2) is 0 Å². The van der Waals surface area contributed by atoms with E-state index < -0.39 is 0 Å². The lowest BCUT2D eigenvalue weighted by molar-refractivity contribution is 0.0770. The fourth-order valence-electron chi connectivity index (χ4n) is 1.72. The highest BCUT2D eigenvalue weighted by molar-refractivity contribution is 7.12. The van der Waals surface area contributed by atoms with Crippen molar-refractivity contribution in [3.05, 3.63) is 21.3 Å². The van der Waals surface area contributed by atoms with Crippen LogP contribution in [0, 0.1) is 11.3 Å². The van der Waals surface area contributed by atoms with E-state index in [1.165, 1.54) is 11.3 Å². The Kier molecular flexibility index (Phi) is 2.94. The zero-order chi connectivity index (χ0) is 10.8. The number of halogens is 1. The molecule has 0 bridgehead atoms. The Balaban J connectivity index is 2.22. The summed E-state index contributed by atoms with van der Waals surface area (Å²) in [4.78, 5) is 14.1. The van der Waals surface area contributed by atoms with Crippen molar-refractivity contribution in [3.8, 4) is 6.07 Å². The second-order valence-corrected chi connectivity index (χ2v) is 4.71. The van der Waals surface area contributed by atoms with Gasteiger partial charge in [-0.15, -0.1) is 11.3 Å². The lowest BCUT2D eigenvalue weighted by atomic mass is 10.2. The fraction of sp³-hybridized carbons (Fsp3) is 0.400. The molecule has 1 fully saturated rings. The molecule has 2 rings (SSSR count). The van der Waals surface area contributed by atoms with Gasteiger partial charge in [0, 0.05) is 6.54 Å². The van der Waals surface area contributed by atoms with Gasteiger partial charge >= 0.3 is 0 Å². The molecule has 2 heterocycles. The molecule has 78 valence electrons. The summed E-state index contributed by atoms with van der Waals surface area (Å²) in [5.41, 5.74) is 0. The van der Waals surface area contributed by atoms with Crippen LogP contribution in [0.2, 0.25) is 5.02 Å². The van der Waals surface area contributed by atoms with Gasteiger partial charge in [0.25, 0.3) is 5.91 Å². The summed E-state index contributed by atoms with van der Waals surface area (Å²) >= 11 is 7.21. The molecule has 1 amide bonds. The number of nitrogens with zero attached hydrogens (tertiary/aromatic N) is 2. The maximum atomic E-state index is 12.0. The molecular formula is C10H9ClN2OS. The third kappa shape index (κ3) is 1.85. The van der Waals surface area contributed by atoms with E-state index in [4.69, 9.17) is 16.9 Å². The van der Waals surface area contributed by atoms with Crippen molar-refractivity contribution >= 4 is 28.8 Å². The average Bonchev–Trinajstić information content (AvgIpc) is 2.84. The largest absolute Gasteiger partial charge is 0.322 e. The van der Waals surface area contributed by atoms with E-state index in [-0.39, 0.29) is 11.9 Å². The molecule has 1 aliphatic rings. The molecule has 15 heavy (non-hydrogen) atoms. The van der Waals surface area contributed by atoms with Crippen molar-refractivity contribution < 1.29 is 4.79 Å². The van der Waals surface area contributed by atoms with Gasteiger partial charge in [-0.2, -0.15) is 5.26 Å². The van der Waals surface area contributed by atoms with E-state index in [0.717, 1.165) is 12.8 Å². The van der Waals surface area contributed by atoms with Gasteiger partial charge in [-0.3, -0.25) is 4.79 Å². The van der Waals surface area contributed by atoms with Gasteiger partial charge in [0.2, 0.25) is 0 Å². The highest BCUT2D eigenvalue weighted by Gasteiger charge is 2.30. The van der Waals surface area contributed by atoms with E-state index in [9.17, 15) is 4.79 Å². The third-order valence-corrected chi connectivity index (χ3v) is 3.80. The second kappa shape index (κ2) is 4.21.